The van der Waals surface area contributed by atoms with E-state index in [2.05, 4.69) is 29.2 Å². The Kier molecular flexibility index (Phi) is 3.13. The molecule has 0 bridgehead atoms. The molecule has 1 heterocycles. The number of nitrogens with two attached hydrogens (primary N) is 1. The maximum atomic E-state index is 5.56. The van der Waals surface area contributed by atoms with Crippen LogP contribution in [0.25, 0.3) is 11.0 Å². The molecule has 2 N–H and O–H groups in total. The van der Waals surface area contributed by atoms with E-state index in [1.807, 2.05) is 30.5 Å². The molecular weight excluding hydrogens is 278 g/mol. The summed E-state index contributed by atoms with van der Waals surface area (Å²) < 4.78 is 0. The van der Waals surface area contributed by atoms with E-state index in [4.69, 9.17) is 10.1 Å². The smallest absolute Gasteiger partial charge is 0.0890 e. The molecule has 3 nitrogen and oxygen atoms in total. The molecule has 0 saturated heterocycles. The van der Waals surface area contributed by atoms with Crippen molar-refractivity contribution in [3.63, 3.8) is 0 Å². The van der Waals surface area contributed by atoms with E-state index < -0.39 is 0 Å². The van der Waals surface area contributed by atoms with E-state index in [1.54, 1.807) is 0 Å². The van der Waals surface area contributed by atoms with Gasteiger partial charge in [-0.15, -0.1) is 0 Å². The van der Waals surface area contributed by atoms with Crippen LogP contribution >= 0.6 is 11.9 Å². The second-order valence-electron chi connectivity index (χ2n) is 5.42. The van der Waals surface area contributed by atoms with Crippen LogP contribution in [0.1, 0.15) is 29.5 Å². The van der Waals surface area contributed by atoms with E-state index in [0.717, 1.165) is 28.0 Å². The lowest BCUT2D eigenvalue weighted by Crippen LogP contribution is -1.92. The molecule has 1 aliphatic carbocycles. The van der Waals surface area contributed by atoms with Crippen molar-refractivity contribution in [3.8, 4) is 0 Å². The summed E-state index contributed by atoms with van der Waals surface area (Å²) in [5.41, 5.74) is 4.42. The van der Waals surface area contributed by atoms with E-state index in [1.165, 1.54) is 17.5 Å². The SMILES string of the molecule is NSc1ccc(C2CC2c2cnc3ccccc3n2)cc1. The molecule has 0 amide bonds. The number of benzene rings is 2. The molecule has 2 atom stereocenters. The van der Waals surface area contributed by atoms with Gasteiger partial charge in [0.05, 0.1) is 16.7 Å². The minimum Gasteiger partial charge on any atom is -0.274 e. The molecule has 1 aliphatic rings. The number of fused-ring (bicyclic) bond motifs is 1. The first kappa shape index (κ1) is 12.8. The highest BCUT2D eigenvalue weighted by atomic mass is 32.2. The Bertz CT molecular complexity index is 785. The van der Waals surface area contributed by atoms with E-state index >= 15 is 0 Å². The first-order valence-corrected chi connectivity index (χ1v) is 7.91. The molecule has 1 saturated carbocycles. The average molecular weight is 293 g/mol. The van der Waals surface area contributed by atoms with Crippen molar-refractivity contribution in [1.29, 1.82) is 0 Å². The summed E-state index contributed by atoms with van der Waals surface area (Å²) in [4.78, 5) is 10.4. The number of rotatable bonds is 3. The summed E-state index contributed by atoms with van der Waals surface area (Å²) in [5.74, 6) is 1.07. The minimum atomic E-state index is 0.499. The fourth-order valence-electron chi connectivity index (χ4n) is 2.83. The zero-order valence-electron chi connectivity index (χ0n) is 11.4. The van der Waals surface area contributed by atoms with Gasteiger partial charge < -0.3 is 0 Å². The fourth-order valence-corrected chi connectivity index (χ4v) is 3.13. The first-order valence-electron chi connectivity index (χ1n) is 7.03. The Morgan fingerprint density at radius 1 is 0.952 bits per heavy atom. The lowest BCUT2D eigenvalue weighted by atomic mass is 10.1. The fraction of sp³-hybridized carbons (Fsp3) is 0.176. The molecule has 2 unspecified atom stereocenters. The average Bonchev–Trinajstić information content (AvgIpc) is 3.35. The van der Waals surface area contributed by atoms with Gasteiger partial charge in [-0.2, -0.15) is 0 Å². The summed E-state index contributed by atoms with van der Waals surface area (Å²) in [6.07, 6.45) is 3.08. The van der Waals surface area contributed by atoms with Crippen LogP contribution in [0.4, 0.5) is 0 Å². The third-order valence-corrected chi connectivity index (χ3v) is 4.63. The quantitative estimate of drug-likeness (QED) is 0.745. The lowest BCUT2D eigenvalue weighted by Gasteiger charge is -2.03. The lowest BCUT2D eigenvalue weighted by molar-refractivity contribution is 0.963. The van der Waals surface area contributed by atoms with Crippen LogP contribution in [-0.2, 0) is 0 Å². The van der Waals surface area contributed by atoms with Crippen LogP contribution in [0.2, 0.25) is 0 Å². The van der Waals surface area contributed by atoms with Crippen molar-refractivity contribution in [3.05, 3.63) is 66.0 Å². The van der Waals surface area contributed by atoms with Gasteiger partial charge >= 0.3 is 0 Å². The maximum Gasteiger partial charge on any atom is 0.0890 e. The predicted octanol–water partition coefficient (Wildman–Crippen LogP) is 3.87. The summed E-state index contributed by atoms with van der Waals surface area (Å²) in [5, 5.41) is 5.56. The number of aromatic nitrogens is 2. The second kappa shape index (κ2) is 5.13. The number of hydrogen-bond donors (Lipinski definition) is 1. The molecular formula is C17H15N3S. The molecule has 1 aromatic heterocycles. The van der Waals surface area contributed by atoms with Crippen molar-refractivity contribution in [2.45, 2.75) is 23.2 Å². The molecule has 0 aliphatic heterocycles. The molecule has 0 spiro atoms. The van der Waals surface area contributed by atoms with Gasteiger partial charge in [0.1, 0.15) is 0 Å². The summed E-state index contributed by atoms with van der Waals surface area (Å²) >= 11 is 1.29. The van der Waals surface area contributed by atoms with E-state index in [-0.39, 0.29) is 0 Å². The Morgan fingerprint density at radius 2 is 1.71 bits per heavy atom. The van der Waals surface area contributed by atoms with Crippen LogP contribution < -0.4 is 5.14 Å². The predicted molar refractivity (Wildman–Crippen MR) is 86.1 cm³/mol. The Labute approximate surface area is 127 Å². The highest BCUT2D eigenvalue weighted by Gasteiger charge is 2.40. The Balaban J connectivity index is 1.59. The van der Waals surface area contributed by atoms with Crippen LogP contribution in [0.3, 0.4) is 0 Å². The van der Waals surface area contributed by atoms with Crippen LogP contribution in [0.15, 0.2) is 59.6 Å². The van der Waals surface area contributed by atoms with Crippen LogP contribution in [0.5, 0.6) is 0 Å². The van der Waals surface area contributed by atoms with Gasteiger partial charge in [0, 0.05) is 17.0 Å². The van der Waals surface area contributed by atoms with Gasteiger partial charge in [0.15, 0.2) is 0 Å². The van der Waals surface area contributed by atoms with Crippen molar-refractivity contribution >= 4 is 23.0 Å². The summed E-state index contributed by atoms with van der Waals surface area (Å²) in [6.45, 7) is 0. The maximum absolute atomic E-state index is 5.56. The van der Waals surface area contributed by atoms with Gasteiger partial charge in [-0.25, -0.2) is 4.98 Å². The third kappa shape index (κ3) is 2.41. The number of nitrogens with zero attached hydrogens (tertiary/aromatic N) is 2. The Hall–Kier alpha value is -1.91. The first-order chi connectivity index (χ1) is 10.3. The Morgan fingerprint density at radius 3 is 2.48 bits per heavy atom. The minimum absolute atomic E-state index is 0.499. The monoisotopic (exact) mass is 293 g/mol. The van der Waals surface area contributed by atoms with E-state index in [0.29, 0.717) is 11.8 Å². The van der Waals surface area contributed by atoms with Gasteiger partial charge in [-0.3, -0.25) is 10.1 Å². The number of para-hydroxylation sites is 2. The standard InChI is InChI=1S/C17H15N3S/c18-21-12-7-5-11(6-8-12)13-9-14(13)17-10-19-15-3-1-2-4-16(15)20-17/h1-8,10,13-14H,9,18H2. The van der Waals surface area contributed by atoms with E-state index in [9.17, 15) is 0 Å². The molecule has 4 heteroatoms. The number of hydrogen-bond acceptors (Lipinski definition) is 4. The van der Waals surface area contributed by atoms with Crippen molar-refractivity contribution in [2.75, 3.05) is 0 Å². The van der Waals surface area contributed by atoms with Gasteiger partial charge in [-0.1, -0.05) is 24.3 Å². The van der Waals surface area contributed by atoms with Crippen molar-refractivity contribution in [2.24, 2.45) is 5.14 Å². The van der Waals surface area contributed by atoms with Gasteiger partial charge in [-0.05, 0) is 54.1 Å². The summed E-state index contributed by atoms with van der Waals surface area (Å²) in [6, 6.07) is 16.5. The molecule has 21 heavy (non-hydrogen) atoms. The molecule has 3 aromatic rings. The molecule has 104 valence electrons. The zero-order chi connectivity index (χ0) is 14.2. The molecule has 2 aromatic carbocycles. The summed E-state index contributed by atoms with van der Waals surface area (Å²) in [7, 11) is 0. The third-order valence-electron chi connectivity index (χ3n) is 4.08. The topological polar surface area (TPSA) is 51.8 Å². The van der Waals surface area contributed by atoms with Gasteiger partial charge in [0.2, 0.25) is 0 Å². The van der Waals surface area contributed by atoms with Crippen molar-refractivity contribution in [1.82, 2.24) is 9.97 Å². The highest BCUT2D eigenvalue weighted by molar-refractivity contribution is 7.97. The second-order valence-corrected chi connectivity index (χ2v) is 6.13. The molecule has 4 rings (SSSR count). The zero-order valence-corrected chi connectivity index (χ0v) is 12.3. The van der Waals surface area contributed by atoms with Gasteiger partial charge in [0.25, 0.3) is 0 Å². The van der Waals surface area contributed by atoms with Crippen LogP contribution in [0, 0.1) is 0 Å². The largest absolute Gasteiger partial charge is 0.274 e. The highest BCUT2D eigenvalue weighted by Crippen LogP contribution is 2.54. The normalized spacial score (nSPS) is 20.6. The van der Waals surface area contributed by atoms with Crippen molar-refractivity contribution < 1.29 is 0 Å². The molecule has 1 fully saturated rings. The van der Waals surface area contributed by atoms with Crippen LogP contribution in [-0.4, -0.2) is 9.97 Å². The molecule has 0 radical (unpaired) electrons.